The number of halogens is 1. The Bertz CT molecular complexity index is 780. The van der Waals surface area contributed by atoms with E-state index < -0.39 is 25.5 Å². The number of anilines is 1. The summed E-state index contributed by atoms with van der Waals surface area (Å²) in [6.45, 7) is 0. The number of nitro benzene ring substituents is 1. The first-order valence-corrected chi connectivity index (χ1v) is 7.91. The SMILES string of the molecule is CN(c1ccccn1)S(=O)(=O)c1cc(Br)ccc1[N+](=O)[O-]. The van der Waals surface area contributed by atoms with E-state index in [9.17, 15) is 18.5 Å². The van der Waals surface area contributed by atoms with Gasteiger partial charge >= 0.3 is 0 Å². The fourth-order valence-electron chi connectivity index (χ4n) is 1.66. The maximum absolute atomic E-state index is 12.6. The van der Waals surface area contributed by atoms with Gasteiger partial charge in [-0.1, -0.05) is 22.0 Å². The third-order valence-corrected chi connectivity index (χ3v) is 5.01. The van der Waals surface area contributed by atoms with Crippen molar-refractivity contribution in [2.75, 3.05) is 11.4 Å². The summed E-state index contributed by atoms with van der Waals surface area (Å²) in [6.07, 6.45) is 1.44. The van der Waals surface area contributed by atoms with Gasteiger partial charge in [-0.15, -0.1) is 0 Å². The molecule has 2 aromatic rings. The smallest absolute Gasteiger partial charge is 0.258 e. The molecule has 7 nitrogen and oxygen atoms in total. The van der Waals surface area contributed by atoms with E-state index in [1.807, 2.05) is 0 Å². The monoisotopic (exact) mass is 371 g/mol. The van der Waals surface area contributed by atoms with Crippen molar-refractivity contribution in [2.24, 2.45) is 0 Å². The Balaban J connectivity index is 2.59. The number of hydrogen-bond acceptors (Lipinski definition) is 5. The molecule has 0 amide bonds. The molecule has 0 aliphatic carbocycles. The van der Waals surface area contributed by atoms with Crippen molar-refractivity contribution in [3.05, 3.63) is 57.2 Å². The van der Waals surface area contributed by atoms with E-state index in [0.717, 1.165) is 10.4 Å². The molecule has 0 saturated carbocycles. The predicted octanol–water partition coefficient (Wildman–Crippen LogP) is 2.58. The van der Waals surface area contributed by atoms with E-state index in [0.29, 0.717) is 4.47 Å². The first kappa shape index (κ1) is 15.4. The second kappa shape index (κ2) is 5.78. The van der Waals surface area contributed by atoms with E-state index in [1.54, 1.807) is 12.1 Å². The molecule has 1 aromatic heterocycles. The molecule has 110 valence electrons. The van der Waals surface area contributed by atoms with Gasteiger partial charge in [-0.05, 0) is 24.3 Å². The zero-order valence-corrected chi connectivity index (χ0v) is 13.2. The summed E-state index contributed by atoms with van der Waals surface area (Å²) in [7, 11) is -2.80. The minimum absolute atomic E-state index is 0.173. The van der Waals surface area contributed by atoms with Crippen LogP contribution < -0.4 is 4.31 Å². The highest BCUT2D eigenvalue weighted by Crippen LogP contribution is 2.30. The Hall–Kier alpha value is -2.00. The molecule has 0 fully saturated rings. The molecule has 0 aliphatic heterocycles. The Labute approximate surface area is 129 Å². The fourth-order valence-corrected chi connectivity index (χ4v) is 3.50. The minimum atomic E-state index is -4.09. The van der Waals surface area contributed by atoms with Gasteiger partial charge in [0, 0.05) is 23.8 Å². The van der Waals surface area contributed by atoms with Crippen molar-refractivity contribution in [1.82, 2.24) is 4.98 Å². The van der Waals surface area contributed by atoms with Crippen molar-refractivity contribution in [3.8, 4) is 0 Å². The largest absolute Gasteiger partial charge is 0.289 e. The number of benzene rings is 1. The molecule has 0 spiro atoms. The van der Waals surface area contributed by atoms with Crippen LogP contribution in [0.3, 0.4) is 0 Å². The molecule has 2 rings (SSSR count). The second-order valence-electron chi connectivity index (χ2n) is 4.03. The molecular weight excluding hydrogens is 362 g/mol. The summed E-state index contributed by atoms with van der Waals surface area (Å²) < 4.78 is 26.5. The number of rotatable bonds is 4. The maximum atomic E-state index is 12.6. The van der Waals surface area contributed by atoms with E-state index in [2.05, 4.69) is 20.9 Å². The average molecular weight is 372 g/mol. The Kier molecular flexibility index (Phi) is 4.24. The molecule has 0 atom stereocenters. The quantitative estimate of drug-likeness (QED) is 0.608. The summed E-state index contributed by atoms with van der Waals surface area (Å²) in [5, 5.41) is 11.0. The molecular formula is C12H10BrN3O4S. The van der Waals surface area contributed by atoms with Crippen molar-refractivity contribution in [1.29, 1.82) is 0 Å². The van der Waals surface area contributed by atoms with Crippen LogP contribution in [-0.2, 0) is 10.0 Å². The summed E-state index contributed by atoms with van der Waals surface area (Å²) in [5.74, 6) is 0.173. The van der Waals surface area contributed by atoms with E-state index >= 15 is 0 Å². The standard InChI is InChI=1S/C12H10BrN3O4S/c1-15(12-4-2-3-7-14-12)21(19,20)11-8-9(13)5-6-10(11)16(17)18/h2-8H,1H3. The minimum Gasteiger partial charge on any atom is -0.258 e. The maximum Gasteiger partial charge on any atom is 0.289 e. The highest BCUT2D eigenvalue weighted by molar-refractivity contribution is 9.10. The molecule has 21 heavy (non-hydrogen) atoms. The van der Waals surface area contributed by atoms with Crippen LogP contribution in [-0.4, -0.2) is 25.4 Å². The molecule has 1 heterocycles. The van der Waals surface area contributed by atoms with Crippen LogP contribution in [0.1, 0.15) is 0 Å². The van der Waals surface area contributed by atoms with Crippen LogP contribution in [0, 0.1) is 10.1 Å². The normalized spacial score (nSPS) is 11.1. The molecule has 0 saturated heterocycles. The van der Waals surface area contributed by atoms with Gasteiger partial charge in [-0.25, -0.2) is 13.4 Å². The third-order valence-electron chi connectivity index (χ3n) is 2.73. The van der Waals surface area contributed by atoms with Crippen LogP contribution >= 0.6 is 15.9 Å². The number of hydrogen-bond donors (Lipinski definition) is 0. The van der Waals surface area contributed by atoms with Crippen LogP contribution in [0.5, 0.6) is 0 Å². The fraction of sp³-hybridized carbons (Fsp3) is 0.0833. The number of aromatic nitrogens is 1. The van der Waals surface area contributed by atoms with Gasteiger partial charge in [0.05, 0.1) is 4.92 Å². The van der Waals surface area contributed by atoms with E-state index in [1.165, 1.54) is 31.4 Å². The number of sulfonamides is 1. The summed E-state index contributed by atoms with van der Waals surface area (Å²) in [5.41, 5.74) is -0.485. The highest BCUT2D eigenvalue weighted by atomic mass is 79.9. The van der Waals surface area contributed by atoms with Gasteiger partial charge in [0.25, 0.3) is 15.7 Å². The lowest BCUT2D eigenvalue weighted by Gasteiger charge is -2.18. The first-order valence-electron chi connectivity index (χ1n) is 5.68. The lowest BCUT2D eigenvalue weighted by molar-refractivity contribution is -0.387. The van der Waals surface area contributed by atoms with Gasteiger partial charge < -0.3 is 0 Å². The van der Waals surface area contributed by atoms with E-state index in [-0.39, 0.29) is 5.82 Å². The van der Waals surface area contributed by atoms with Crippen LogP contribution in [0.2, 0.25) is 0 Å². The highest BCUT2D eigenvalue weighted by Gasteiger charge is 2.30. The average Bonchev–Trinajstić information content (AvgIpc) is 2.47. The molecule has 9 heteroatoms. The Morgan fingerprint density at radius 3 is 2.57 bits per heavy atom. The van der Waals surface area contributed by atoms with Gasteiger partial charge in [-0.3, -0.25) is 14.4 Å². The molecule has 0 radical (unpaired) electrons. The zero-order chi connectivity index (χ0) is 15.6. The van der Waals surface area contributed by atoms with Crippen molar-refractivity contribution < 1.29 is 13.3 Å². The van der Waals surface area contributed by atoms with Crippen LogP contribution in [0.4, 0.5) is 11.5 Å². The summed E-state index contributed by atoms with van der Waals surface area (Å²) in [4.78, 5) is 13.8. The molecule has 1 aromatic carbocycles. The Morgan fingerprint density at radius 2 is 2.00 bits per heavy atom. The topological polar surface area (TPSA) is 93.4 Å². The lowest BCUT2D eigenvalue weighted by Crippen LogP contribution is -2.28. The Morgan fingerprint density at radius 1 is 1.29 bits per heavy atom. The van der Waals surface area contributed by atoms with Crippen LogP contribution in [0.15, 0.2) is 52.0 Å². The van der Waals surface area contributed by atoms with Crippen molar-refractivity contribution in [3.63, 3.8) is 0 Å². The molecule has 0 bridgehead atoms. The molecule has 0 unspecified atom stereocenters. The van der Waals surface area contributed by atoms with Crippen LogP contribution in [0.25, 0.3) is 0 Å². The number of nitrogens with zero attached hydrogens (tertiary/aromatic N) is 3. The first-order chi connectivity index (χ1) is 9.84. The van der Waals surface area contributed by atoms with Gasteiger partial charge in [-0.2, -0.15) is 0 Å². The summed E-state index contributed by atoms with van der Waals surface area (Å²) in [6, 6.07) is 8.53. The summed E-state index contributed by atoms with van der Waals surface area (Å²) >= 11 is 3.12. The lowest BCUT2D eigenvalue weighted by atomic mass is 10.3. The molecule has 0 N–H and O–H groups in total. The third kappa shape index (κ3) is 3.03. The van der Waals surface area contributed by atoms with Gasteiger partial charge in [0.15, 0.2) is 4.90 Å². The number of nitro groups is 1. The molecule has 0 aliphatic rings. The second-order valence-corrected chi connectivity index (χ2v) is 6.88. The zero-order valence-electron chi connectivity index (χ0n) is 10.8. The van der Waals surface area contributed by atoms with Gasteiger partial charge in [0.1, 0.15) is 5.82 Å². The van der Waals surface area contributed by atoms with E-state index in [4.69, 9.17) is 0 Å². The predicted molar refractivity (Wildman–Crippen MR) is 80.6 cm³/mol. The van der Waals surface area contributed by atoms with Crippen molar-refractivity contribution >= 4 is 37.5 Å². The number of pyridine rings is 1. The van der Waals surface area contributed by atoms with Gasteiger partial charge in [0.2, 0.25) is 0 Å². The van der Waals surface area contributed by atoms with Crippen molar-refractivity contribution in [2.45, 2.75) is 4.90 Å².